The van der Waals surface area contributed by atoms with E-state index in [-0.39, 0.29) is 12.5 Å². The highest BCUT2D eigenvalue weighted by molar-refractivity contribution is 5.78. The van der Waals surface area contributed by atoms with Gasteiger partial charge in [-0.1, -0.05) is 13.3 Å². The van der Waals surface area contributed by atoms with Crippen LogP contribution < -0.4 is 5.73 Å². The summed E-state index contributed by atoms with van der Waals surface area (Å²) >= 11 is 0. The maximum Gasteiger partial charge on any atom is 0.236 e. The number of hydrogen-bond donors (Lipinski definition) is 1. The molecule has 4 nitrogen and oxygen atoms in total. The average Bonchev–Trinajstić information content (AvgIpc) is 2.35. The van der Waals surface area contributed by atoms with E-state index in [1.54, 1.807) is 0 Å². The van der Waals surface area contributed by atoms with Gasteiger partial charge in [-0.2, -0.15) is 0 Å². The van der Waals surface area contributed by atoms with Crippen LogP contribution in [0, 0.1) is 0 Å². The van der Waals surface area contributed by atoms with Crippen molar-refractivity contribution in [1.29, 1.82) is 0 Å². The second-order valence-electron chi connectivity index (χ2n) is 4.67. The molecule has 2 N–H and O–H groups in total. The minimum absolute atomic E-state index is 0.0913. The molecule has 0 spiro atoms. The molecule has 4 heteroatoms. The van der Waals surface area contributed by atoms with Gasteiger partial charge in [0.25, 0.3) is 0 Å². The predicted molar refractivity (Wildman–Crippen MR) is 66.2 cm³/mol. The number of rotatable bonds is 5. The number of nitrogens with two attached hydrogens (primary N) is 1. The van der Waals surface area contributed by atoms with Crippen molar-refractivity contribution in [3.8, 4) is 0 Å². The van der Waals surface area contributed by atoms with E-state index in [1.807, 2.05) is 4.90 Å². The molecule has 1 saturated heterocycles. The molecule has 1 fully saturated rings. The number of hydrogen-bond acceptors (Lipinski definition) is 3. The minimum Gasteiger partial charge on any atom is -0.340 e. The maximum atomic E-state index is 11.5. The smallest absolute Gasteiger partial charge is 0.236 e. The Hall–Kier alpha value is -0.610. The van der Waals surface area contributed by atoms with Crippen LogP contribution >= 0.6 is 0 Å². The Morgan fingerprint density at radius 1 is 1.56 bits per heavy atom. The molecule has 94 valence electrons. The van der Waals surface area contributed by atoms with Gasteiger partial charge in [-0.15, -0.1) is 0 Å². The van der Waals surface area contributed by atoms with Crippen molar-refractivity contribution in [1.82, 2.24) is 9.80 Å². The van der Waals surface area contributed by atoms with Crippen molar-refractivity contribution >= 4 is 5.91 Å². The zero-order chi connectivity index (χ0) is 12.0. The van der Waals surface area contributed by atoms with E-state index in [0.29, 0.717) is 6.04 Å². The van der Waals surface area contributed by atoms with E-state index in [0.717, 1.165) is 26.1 Å². The first-order chi connectivity index (χ1) is 7.69. The summed E-state index contributed by atoms with van der Waals surface area (Å²) in [5.74, 6) is 0.0913. The van der Waals surface area contributed by atoms with Crippen molar-refractivity contribution in [2.24, 2.45) is 5.73 Å². The first kappa shape index (κ1) is 13.5. The number of likely N-dealkylation sites (N-methyl/N-ethyl adjacent to an activating group) is 1. The van der Waals surface area contributed by atoms with Crippen molar-refractivity contribution in [2.75, 3.05) is 33.2 Å². The Bertz CT molecular complexity index is 220. The third kappa shape index (κ3) is 3.76. The van der Waals surface area contributed by atoms with Crippen LogP contribution in [0.15, 0.2) is 0 Å². The Labute approximate surface area is 98.8 Å². The summed E-state index contributed by atoms with van der Waals surface area (Å²) in [6.45, 7) is 5.22. The average molecular weight is 227 g/mol. The predicted octanol–water partition coefficient (Wildman–Crippen LogP) is 0.668. The highest BCUT2D eigenvalue weighted by atomic mass is 16.2. The summed E-state index contributed by atoms with van der Waals surface area (Å²) in [6.07, 6.45) is 4.77. The molecule has 1 aliphatic rings. The second-order valence-corrected chi connectivity index (χ2v) is 4.67. The van der Waals surface area contributed by atoms with Crippen LogP contribution in [0.4, 0.5) is 0 Å². The first-order valence-corrected chi connectivity index (χ1v) is 6.37. The van der Waals surface area contributed by atoms with Crippen LogP contribution in [0.2, 0.25) is 0 Å². The molecule has 0 aromatic carbocycles. The number of carbonyl (C=O) groups excluding carboxylic acids is 1. The summed E-state index contributed by atoms with van der Waals surface area (Å²) in [6, 6.07) is 0.524. The van der Waals surface area contributed by atoms with Crippen molar-refractivity contribution in [3.63, 3.8) is 0 Å². The zero-order valence-corrected chi connectivity index (χ0v) is 10.6. The van der Waals surface area contributed by atoms with Gasteiger partial charge in [0.05, 0.1) is 6.54 Å². The number of piperidine rings is 1. The number of nitrogens with zero attached hydrogens (tertiary/aromatic N) is 2. The summed E-state index contributed by atoms with van der Waals surface area (Å²) in [5.41, 5.74) is 5.40. The number of amides is 1. The topological polar surface area (TPSA) is 49.6 Å². The lowest BCUT2D eigenvalue weighted by atomic mass is 10.0. The van der Waals surface area contributed by atoms with Gasteiger partial charge in [-0.25, -0.2) is 0 Å². The molecule has 1 unspecified atom stereocenters. The highest BCUT2D eigenvalue weighted by Gasteiger charge is 2.24. The van der Waals surface area contributed by atoms with E-state index in [9.17, 15) is 4.79 Å². The zero-order valence-electron chi connectivity index (χ0n) is 10.6. The van der Waals surface area contributed by atoms with Crippen LogP contribution in [0.3, 0.4) is 0 Å². The number of likely N-dealkylation sites (tertiary alicyclic amines) is 1. The molecule has 1 heterocycles. The van der Waals surface area contributed by atoms with Crippen LogP contribution in [-0.4, -0.2) is 55.0 Å². The molecule has 0 aromatic rings. The first-order valence-electron chi connectivity index (χ1n) is 6.37. The van der Waals surface area contributed by atoms with E-state index < -0.39 is 0 Å². The Balaban J connectivity index is 2.40. The molecule has 0 radical (unpaired) electrons. The van der Waals surface area contributed by atoms with Crippen LogP contribution in [-0.2, 0) is 4.79 Å². The third-order valence-corrected chi connectivity index (χ3v) is 3.41. The van der Waals surface area contributed by atoms with E-state index >= 15 is 0 Å². The Morgan fingerprint density at radius 2 is 2.31 bits per heavy atom. The normalized spacial score (nSPS) is 21.5. The molecular formula is C12H25N3O. The molecule has 0 saturated carbocycles. The lowest BCUT2D eigenvalue weighted by molar-refractivity contribution is -0.131. The molecule has 0 aliphatic carbocycles. The standard InChI is InChI=1S/C12H25N3O/c1-3-4-7-14(2)11-6-5-8-15(10-11)12(16)9-13/h11H,3-10,13H2,1-2H3. The van der Waals surface area contributed by atoms with Gasteiger partial charge in [0.1, 0.15) is 0 Å². The molecular weight excluding hydrogens is 202 g/mol. The highest BCUT2D eigenvalue weighted by Crippen LogP contribution is 2.15. The Kier molecular flexibility index (Phi) is 5.77. The van der Waals surface area contributed by atoms with Gasteiger partial charge < -0.3 is 15.5 Å². The van der Waals surface area contributed by atoms with Gasteiger partial charge >= 0.3 is 0 Å². The lowest BCUT2D eigenvalue weighted by Gasteiger charge is -2.37. The largest absolute Gasteiger partial charge is 0.340 e. The van der Waals surface area contributed by atoms with Crippen molar-refractivity contribution in [2.45, 2.75) is 38.6 Å². The van der Waals surface area contributed by atoms with Gasteiger partial charge in [0.2, 0.25) is 5.91 Å². The fourth-order valence-corrected chi connectivity index (χ4v) is 2.26. The lowest BCUT2D eigenvalue weighted by Crippen LogP contribution is -2.50. The monoisotopic (exact) mass is 227 g/mol. The molecule has 1 amide bonds. The number of carbonyl (C=O) groups is 1. The van der Waals surface area contributed by atoms with Crippen LogP contribution in [0.5, 0.6) is 0 Å². The summed E-state index contributed by atoms with van der Waals surface area (Å²) in [4.78, 5) is 15.8. The molecule has 16 heavy (non-hydrogen) atoms. The SMILES string of the molecule is CCCCN(C)C1CCCN(C(=O)CN)C1. The summed E-state index contributed by atoms with van der Waals surface area (Å²) in [5, 5.41) is 0. The van der Waals surface area contributed by atoms with Crippen LogP contribution in [0.1, 0.15) is 32.6 Å². The van der Waals surface area contributed by atoms with Gasteiger partial charge in [0, 0.05) is 19.1 Å². The molecule has 0 bridgehead atoms. The second kappa shape index (κ2) is 6.86. The van der Waals surface area contributed by atoms with Crippen molar-refractivity contribution < 1.29 is 4.79 Å². The van der Waals surface area contributed by atoms with Gasteiger partial charge in [0.15, 0.2) is 0 Å². The molecule has 1 aliphatic heterocycles. The van der Waals surface area contributed by atoms with E-state index in [2.05, 4.69) is 18.9 Å². The van der Waals surface area contributed by atoms with Crippen molar-refractivity contribution in [3.05, 3.63) is 0 Å². The minimum atomic E-state index is 0.0913. The molecule has 1 rings (SSSR count). The van der Waals surface area contributed by atoms with Gasteiger partial charge in [-0.3, -0.25) is 4.79 Å². The molecule has 0 aromatic heterocycles. The Morgan fingerprint density at radius 3 is 2.94 bits per heavy atom. The fraction of sp³-hybridized carbons (Fsp3) is 0.917. The van der Waals surface area contributed by atoms with Gasteiger partial charge in [-0.05, 0) is 32.9 Å². The van der Waals surface area contributed by atoms with E-state index in [4.69, 9.17) is 5.73 Å². The third-order valence-electron chi connectivity index (χ3n) is 3.41. The van der Waals surface area contributed by atoms with E-state index in [1.165, 1.54) is 19.3 Å². The number of unbranched alkanes of at least 4 members (excludes halogenated alkanes) is 1. The summed E-state index contributed by atoms with van der Waals surface area (Å²) < 4.78 is 0. The maximum absolute atomic E-state index is 11.5. The fourth-order valence-electron chi connectivity index (χ4n) is 2.26. The van der Waals surface area contributed by atoms with Crippen LogP contribution in [0.25, 0.3) is 0 Å². The summed E-state index contributed by atoms with van der Waals surface area (Å²) in [7, 11) is 2.16. The quantitative estimate of drug-likeness (QED) is 0.751. The molecule has 1 atom stereocenters.